The largest absolute Gasteiger partial charge is 0.369 e. The van der Waals surface area contributed by atoms with E-state index in [4.69, 9.17) is 16.3 Å². The highest BCUT2D eigenvalue weighted by Gasteiger charge is 2.34. The molecule has 0 spiro atoms. The molecule has 1 fully saturated rings. The summed E-state index contributed by atoms with van der Waals surface area (Å²) in [6.07, 6.45) is 1.45. The van der Waals surface area contributed by atoms with E-state index >= 15 is 0 Å². The summed E-state index contributed by atoms with van der Waals surface area (Å²) in [4.78, 5) is 30.3. The van der Waals surface area contributed by atoms with Crippen LogP contribution < -0.4 is 5.32 Å². The van der Waals surface area contributed by atoms with E-state index in [0.29, 0.717) is 17.4 Å². The van der Waals surface area contributed by atoms with Crippen LogP contribution in [0.1, 0.15) is 5.56 Å². The van der Waals surface area contributed by atoms with Crippen LogP contribution in [0.25, 0.3) is 0 Å². The number of morpholine rings is 1. The molecule has 124 valence electrons. The molecule has 0 aliphatic carbocycles. The Morgan fingerprint density at radius 1 is 1.29 bits per heavy atom. The van der Waals surface area contributed by atoms with E-state index in [2.05, 4.69) is 10.3 Å². The zero-order valence-corrected chi connectivity index (χ0v) is 13.6. The van der Waals surface area contributed by atoms with Gasteiger partial charge in [0.05, 0.1) is 11.6 Å². The molecule has 1 saturated heterocycles. The Kier molecular flexibility index (Phi) is 5.08. The van der Waals surface area contributed by atoms with Crippen LogP contribution >= 0.6 is 11.6 Å². The molecule has 6 nitrogen and oxygen atoms in total. The number of carbonyl (C=O) groups is 2. The maximum absolute atomic E-state index is 12.5. The molecule has 1 atom stereocenters. The second kappa shape index (κ2) is 7.42. The lowest BCUT2D eigenvalue weighted by molar-refractivity contribution is -0.154. The topological polar surface area (TPSA) is 71.5 Å². The summed E-state index contributed by atoms with van der Waals surface area (Å²) >= 11 is 5.78. The molecule has 2 heterocycles. The summed E-state index contributed by atoms with van der Waals surface area (Å²) in [5.41, 5.74) is 0.954. The highest BCUT2D eigenvalue weighted by Crippen LogP contribution is 2.16. The third kappa shape index (κ3) is 3.90. The lowest BCUT2D eigenvalue weighted by atomic mass is 10.1. The number of rotatable bonds is 4. The molecule has 1 aromatic heterocycles. The highest BCUT2D eigenvalue weighted by molar-refractivity contribution is 6.30. The summed E-state index contributed by atoms with van der Waals surface area (Å²) in [5, 5.41) is 3.17. The van der Waals surface area contributed by atoms with Crippen molar-refractivity contribution < 1.29 is 14.3 Å². The van der Waals surface area contributed by atoms with Crippen LogP contribution in [0.3, 0.4) is 0 Å². The van der Waals surface area contributed by atoms with Crippen molar-refractivity contribution in [3.8, 4) is 0 Å². The highest BCUT2D eigenvalue weighted by atomic mass is 35.5. The fraction of sp³-hybridized carbons (Fsp3) is 0.235. The second-order valence-electron chi connectivity index (χ2n) is 5.39. The van der Waals surface area contributed by atoms with Crippen molar-refractivity contribution in [2.24, 2.45) is 0 Å². The van der Waals surface area contributed by atoms with Crippen LogP contribution in [0, 0.1) is 0 Å². The quantitative estimate of drug-likeness (QED) is 0.921. The third-order valence-corrected chi connectivity index (χ3v) is 3.90. The van der Waals surface area contributed by atoms with Gasteiger partial charge in [0.25, 0.3) is 5.91 Å². The van der Waals surface area contributed by atoms with Crippen LogP contribution in [0.2, 0.25) is 5.02 Å². The van der Waals surface area contributed by atoms with Gasteiger partial charge < -0.3 is 15.0 Å². The molecule has 1 aromatic carbocycles. The fourth-order valence-corrected chi connectivity index (χ4v) is 2.57. The van der Waals surface area contributed by atoms with Crippen molar-refractivity contribution in [1.82, 2.24) is 9.88 Å². The first-order chi connectivity index (χ1) is 11.6. The molecule has 1 N–H and O–H groups in total. The standard InChI is InChI=1S/C17H16ClN3O3/c18-13-6-7-15(19-8-13)20-17(23)14-10-24-11-16(22)21(14)9-12-4-2-1-3-5-12/h1-8,14H,9-11H2,(H,19,20,23)/t14-/m1/s1. The monoisotopic (exact) mass is 345 g/mol. The Morgan fingerprint density at radius 3 is 2.79 bits per heavy atom. The smallest absolute Gasteiger partial charge is 0.250 e. The Hall–Kier alpha value is -2.44. The van der Waals surface area contributed by atoms with E-state index in [9.17, 15) is 9.59 Å². The minimum absolute atomic E-state index is 0.0180. The van der Waals surface area contributed by atoms with Crippen LogP contribution in [-0.2, 0) is 20.9 Å². The van der Waals surface area contributed by atoms with Gasteiger partial charge in [0.15, 0.2) is 0 Å². The molecular weight excluding hydrogens is 330 g/mol. The first kappa shape index (κ1) is 16.4. The molecule has 1 aliphatic rings. The van der Waals surface area contributed by atoms with E-state index in [1.165, 1.54) is 11.1 Å². The number of pyridine rings is 1. The number of ether oxygens (including phenoxy) is 1. The summed E-state index contributed by atoms with van der Waals surface area (Å²) in [7, 11) is 0. The van der Waals surface area contributed by atoms with Crippen molar-refractivity contribution in [2.75, 3.05) is 18.5 Å². The number of benzene rings is 1. The number of nitrogens with one attached hydrogen (secondary N) is 1. The Bertz CT molecular complexity index is 722. The van der Waals surface area contributed by atoms with Crippen molar-refractivity contribution in [3.63, 3.8) is 0 Å². The van der Waals surface area contributed by atoms with Gasteiger partial charge >= 0.3 is 0 Å². The maximum Gasteiger partial charge on any atom is 0.250 e. The normalized spacial score (nSPS) is 17.6. The van der Waals surface area contributed by atoms with E-state index in [1.54, 1.807) is 12.1 Å². The molecule has 7 heteroatoms. The molecule has 0 radical (unpaired) electrons. The number of amides is 2. The number of nitrogens with zero attached hydrogens (tertiary/aromatic N) is 2. The van der Waals surface area contributed by atoms with Crippen molar-refractivity contribution >= 4 is 29.2 Å². The maximum atomic E-state index is 12.5. The van der Waals surface area contributed by atoms with E-state index < -0.39 is 6.04 Å². The van der Waals surface area contributed by atoms with Gasteiger partial charge in [-0.05, 0) is 17.7 Å². The predicted octanol–water partition coefficient (Wildman–Crippen LogP) is 2.10. The van der Waals surface area contributed by atoms with Gasteiger partial charge in [-0.1, -0.05) is 41.9 Å². The molecule has 0 unspecified atom stereocenters. The number of aromatic nitrogens is 1. The van der Waals surface area contributed by atoms with Gasteiger partial charge in [-0.15, -0.1) is 0 Å². The number of carbonyl (C=O) groups excluding carboxylic acids is 2. The van der Waals surface area contributed by atoms with Gasteiger partial charge in [0.2, 0.25) is 5.91 Å². The number of hydrogen-bond donors (Lipinski definition) is 1. The minimum atomic E-state index is -0.705. The molecule has 24 heavy (non-hydrogen) atoms. The summed E-state index contributed by atoms with van der Waals surface area (Å²) in [5.74, 6) is -0.176. The first-order valence-electron chi connectivity index (χ1n) is 7.47. The molecule has 2 aromatic rings. The van der Waals surface area contributed by atoms with E-state index in [-0.39, 0.29) is 25.0 Å². The molecule has 3 rings (SSSR count). The van der Waals surface area contributed by atoms with Gasteiger partial charge in [-0.25, -0.2) is 4.98 Å². The van der Waals surface area contributed by atoms with Crippen molar-refractivity contribution in [2.45, 2.75) is 12.6 Å². The lowest BCUT2D eigenvalue weighted by Gasteiger charge is -2.34. The second-order valence-corrected chi connectivity index (χ2v) is 5.83. The number of hydrogen-bond acceptors (Lipinski definition) is 4. The molecule has 2 amide bonds. The van der Waals surface area contributed by atoms with Gasteiger partial charge in [0, 0.05) is 12.7 Å². The van der Waals surface area contributed by atoms with Crippen LogP contribution in [0.4, 0.5) is 5.82 Å². The van der Waals surface area contributed by atoms with Crippen molar-refractivity contribution in [3.05, 3.63) is 59.2 Å². The zero-order valence-electron chi connectivity index (χ0n) is 12.8. The van der Waals surface area contributed by atoms with E-state index in [0.717, 1.165) is 5.56 Å². The molecule has 1 aliphatic heterocycles. The van der Waals surface area contributed by atoms with Gasteiger partial charge in [-0.2, -0.15) is 0 Å². The van der Waals surface area contributed by atoms with E-state index in [1.807, 2.05) is 30.3 Å². The molecule has 0 saturated carbocycles. The SMILES string of the molecule is O=C(Nc1ccc(Cl)cn1)[C@H]1COCC(=O)N1Cc1ccccc1. The molecular formula is C17H16ClN3O3. The van der Waals surface area contributed by atoms with Crippen molar-refractivity contribution in [1.29, 1.82) is 0 Å². The Balaban J connectivity index is 1.74. The fourth-order valence-electron chi connectivity index (χ4n) is 2.46. The van der Waals surface area contributed by atoms with Gasteiger partial charge in [0.1, 0.15) is 18.5 Å². The predicted molar refractivity (Wildman–Crippen MR) is 89.5 cm³/mol. The Morgan fingerprint density at radius 2 is 2.08 bits per heavy atom. The lowest BCUT2D eigenvalue weighted by Crippen LogP contribution is -2.54. The zero-order chi connectivity index (χ0) is 16.9. The first-order valence-corrected chi connectivity index (χ1v) is 7.85. The van der Waals surface area contributed by atoms with Crippen LogP contribution in [-0.4, -0.2) is 41.0 Å². The number of anilines is 1. The Labute approximate surface area is 144 Å². The minimum Gasteiger partial charge on any atom is -0.369 e. The average molecular weight is 346 g/mol. The average Bonchev–Trinajstić information content (AvgIpc) is 2.59. The number of halogens is 1. The van der Waals surface area contributed by atoms with Crippen LogP contribution in [0.5, 0.6) is 0 Å². The summed E-state index contributed by atoms with van der Waals surface area (Å²) < 4.78 is 5.25. The third-order valence-electron chi connectivity index (χ3n) is 3.67. The molecule has 0 bridgehead atoms. The van der Waals surface area contributed by atoms with Crippen LogP contribution in [0.15, 0.2) is 48.7 Å². The summed E-state index contributed by atoms with van der Waals surface area (Å²) in [6, 6.07) is 12.1. The summed E-state index contributed by atoms with van der Waals surface area (Å²) in [6.45, 7) is 0.489. The van der Waals surface area contributed by atoms with Gasteiger partial charge in [-0.3, -0.25) is 9.59 Å².